The summed E-state index contributed by atoms with van der Waals surface area (Å²) in [4.78, 5) is 27.1. The molecular weight excluding hydrogens is 286 g/mol. The first-order valence-electron chi connectivity index (χ1n) is 6.96. The number of methoxy groups -OCH3 is 1. The van der Waals surface area contributed by atoms with E-state index in [1.807, 2.05) is 0 Å². The van der Waals surface area contributed by atoms with Gasteiger partial charge >= 0.3 is 5.97 Å². The topological polar surface area (TPSA) is 94.3 Å². The minimum Gasteiger partial charge on any atom is -0.465 e. The molecule has 7 heteroatoms. The minimum atomic E-state index is -0.400. The van der Waals surface area contributed by atoms with E-state index in [0.717, 1.165) is 18.4 Å². The minimum absolute atomic E-state index is 0.0298. The third kappa shape index (κ3) is 3.13. The molecule has 0 radical (unpaired) electrons. The van der Waals surface area contributed by atoms with Crippen molar-refractivity contribution in [1.82, 2.24) is 15.5 Å². The van der Waals surface area contributed by atoms with E-state index >= 15 is 0 Å². The largest absolute Gasteiger partial charge is 0.465 e. The Hall–Kier alpha value is -2.70. The first kappa shape index (κ1) is 14.2. The van der Waals surface area contributed by atoms with E-state index in [1.165, 1.54) is 7.11 Å². The second-order valence-electron chi connectivity index (χ2n) is 5.07. The van der Waals surface area contributed by atoms with Gasteiger partial charge in [0.25, 0.3) is 0 Å². The molecule has 1 saturated carbocycles. The van der Waals surface area contributed by atoms with Gasteiger partial charge in [-0.05, 0) is 25.0 Å². The molecular formula is C15H15N3O4. The third-order valence-corrected chi connectivity index (χ3v) is 3.39. The molecule has 0 unspecified atom stereocenters. The summed E-state index contributed by atoms with van der Waals surface area (Å²) < 4.78 is 9.74. The zero-order valence-corrected chi connectivity index (χ0v) is 12.0. The van der Waals surface area contributed by atoms with Gasteiger partial charge in [0.05, 0.1) is 19.2 Å². The number of nitrogens with zero attached hydrogens (tertiary/aromatic N) is 2. The average Bonchev–Trinajstić information content (AvgIpc) is 3.30. The molecule has 1 aromatic carbocycles. The van der Waals surface area contributed by atoms with Crippen molar-refractivity contribution >= 4 is 11.9 Å². The summed E-state index contributed by atoms with van der Waals surface area (Å²) in [5.74, 6) is 0.534. The number of carbonyl (C=O) groups is 2. The van der Waals surface area contributed by atoms with E-state index < -0.39 is 5.97 Å². The van der Waals surface area contributed by atoms with Crippen molar-refractivity contribution in [2.45, 2.75) is 19.4 Å². The summed E-state index contributed by atoms with van der Waals surface area (Å²) in [6, 6.07) is 6.69. The van der Waals surface area contributed by atoms with Crippen LogP contribution in [0.4, 0.5) is 0 Å². The van der Waals surface area contributed by atoms with Gasteiger partial charge in [0.1, 0.15) is 0 Å². The molecule has 0 atom stereocenters. The number of amides is 1. The first-order valence-corrected chi connectivity index (χ1v) is 6.96. The SMILES string of the molecule is COC(=O)c1ccc(-c2noc(CNC(=O)C3CC3)n2)cc1. The van der Waals surface area contributed by atoms with Gasteiger partial charge < -0.3 is 14.6 Å². The second-order valence-corrected chi connectivity index (χ2v) is 5.07. The monoisotopic (exact) mass is 301 g/mol. The normalized spacial score (nSPS) is 13.7. The number of esters is 1. The Morgan fingerprint density at radius 3 is 2.68 bits per heavy atom. The fourth-order valence-corrected chi connectivity index (χ4v) is 1.97. The molecule has 1 heterocycles. The molecule has 1 amide bonds. The molecule has 0 aliphatic heterocycles. The Bertz CT molecular complexity index is 689. The first-order chi connectivity index (χ1) is 10.7. The number of nitrogens with one attached hydrogen (secondary N) is 1. The van der Waals surface area contributed by atoms with E-state index in [2.05, 4.69) is 20.2 Å². The molecule has 1 N–H and O–H groups in total. The second kappa shape index (κ2) is 5.97. The molecule has 1 aliphatic rings. The Morgan fingerprint density at radius 2 is 2.05 bits per heavy atom. The van der Waals surface area contributed by atoms with Gasteiger partial charge in [0.2, 0.25) is 17.6 Å². The van der Waals surface area contributed by atoms with Crippen molar-refractivity contribution in [1.29, 1.82) is 0 Å². The van der Waals surface area contributed by atoms with Crippen LogP contribution in [0, 0.1) is 5.92 Å². The van der Waals surface area contributed by atoms with E-state index in [9.17, 15) is 9.59 Å². The van der Waals surface area contributed by atoms with Crippen LogP contribution in [-0.2, 0) is 16.1 Å². The van der Waals surface area contributed by atoms with Gasteiger partial charge in [0.15, 0.2) is 0 Å². The Morgan fingerprint density at radius 1 is 1.32 bits per heavy atom. The quantitative estimate of drug-likeness (QED) is 0.842. The maximum Gasteiger partial charge on any atom is 0.337 e. The standard InChI is InChI=1S/C15H15N3O4/c1-21-15(20)11-6-2-9(3-7-11)13-17-12(22-18-13)8-16-14(19)10-4-5-10/h2-3,6-7,10H,4-5,8H2,1H3,(H,16,19). The maximum atomic E-state index is 11.5. The molecule has 1 aliphatic carbocycles. The van der Waals surface area contributed by atoms with Crippen LogP contribution in [0.25, 0.3) is 11.4 Å². The lowest BCUT2D eigenvalue weighted by molar-refractivity contribution is -0.122. The number of benzene rings is 1. The summed E-state index contributed by atoms with van der Waals surface area (Å²) in [6.07, 6.45) is 1.90. The van der Waals surface area contributed by atoms with Crippen LogP contribution in [0.2, 0.25) is 0 Å². The Labute approximate surface area is 126 Å². The fraction of sp³-hybridized carbons (Fsp3) is 0.333. The summed E-state index contributed by atoms with van der Waals surface area (Å²) in [5, 5.41) is 6.63. The van der Waals surface area contributed by atoms with Crippen molar-refractivity contribution in [2.75, 3.05) is 7.11 Å². The summed E-state index contributed by atoms with van der Waals surface area (Å²) in [7, 11) is 1.33. The highest BCUT2D eigenvalue weighted by molar-refractivity contribution is 5.89. The van der Waals surface area contributed by atoms with E-state index in [4.69, 9.17) is 4.52 Å². The van der Waals surface area contributed by atoms with Gasteiger partial charge in [-0.2, -0.15) is 4.98 Å². The highest BCUT2D eigenvalue weighted by Gasteiger charge is 2.29. The number of ether oxygens (including phenoxy) is 1. The number of hydrogen-bond acceptors (Lipinski definition) is 6. The van der Waals surface area contributed by atoms with Crippen LogP contribution < -0.4 is 5.32 Å². The molecule has 7 nitrogen and oxygen atoms in total. The van der Waals surface area contributed by atoms with Crippen LogP contribution in [0.1, 0.15) is 29.1 Å². The van der Waals surface area contributed by atoms with Crippen LogP contribution in [0.3, 0.4) is 0 Å². The molecule has 1 fully saturated rings. The smallest absolute Gasteiger partial charge is 0.337 e. The highest BCUT2D eigenvalue weighted by Crippen LogP contribution is 2.28. The van der Waals surface area contributed by atoms with E-state index in [0.29, 0.717) is 17.3 Å². The lowest BCUT2D eigenvalue weighted by Crippen LogP contribution is -2.24. The van der Waals surface area contributed by atoms with Crippen LogP contribution in [0.5, 0.6) is 0 Å². The molecule has 114 valence electrons. The van der Waals surface area contributed by atoms with Crippen LogP contribution in [0.15, 0.2) is 28.8 Å². The van der Waals surface area contributed by atoms with Gasteiger partial charge in [-0.1, -0.05) is 17.3 Å². The maximum absolute atomic E-state index is 11.5. The van der Waals surface area contributed by atoms with Crippen molar-refractivity contribution in [2.24, 2.45) is 5.92 Å². The Kier molecular flexibility index (Phi) is 3.86. The molecule has 3 rings (SSSR count). The number of hydrogen-bond donors (Lipinski definition) is 1. The van der Waals surface area contributed by atoms with Gasteiger partial charge in [-0.3, -0.25) is 4.79 Å². The van der Waals surface area contributed by atoms with Gasteiger partial charge in [-0.25, -0.2) is 4.79 Å². The Balaban J connectivity index is 1.64. The third-order valence-electron chi connectivity index (χ3n) is 3.39. The van der Waals surface area contributed by atoms with Crippen molar-refractivity contribution < 1.29 is 18.8 Å². The highest BCUT2D eigenvalue weighted by atomic mass is 16.5. The van der Waals surface area contributed by atoms with E-state index in [-0.39, 0.29) is 18.4 Å². The van der Waals surface area contributed by atoms with Crippen molar-refractivity contribution in [3.8, 4) is 11.4 Å². The number of aromatic nitrogens is 2. The molecule has 22 heavy (non-hydrogen) atoms. The van der Waals surface area contributed by atoms with Crippen molar-refractivity contribution in [3.05, 3.63) is 35.7 Å². The van der Waals surface area contributed by atoms with E-state index in [1.54, 1.807) is 24.3 Å². The lowest BCUT2D eigenvalue weighted by atomic mass is 10.1. The number of rotatable bonds is 5. The predicted octanol–water partition coefficient (Wildman–Crippen LogP) is 1.55. The fourth-order valence-electron chi connectivity index (χ4n) is 1.97. The zero-order valence-electron chi connectivity index (χ0n) is 12.0. The predicted molar refractivity (Wildman–Crippen MR) is 75.6 cm³/mol. The lowest BCUT2D eigenvalue weighted by Gasteiger charge is -1.99. The van der Waals surface area contributed by atoms with Crippen LogP contribution in [-0.4, -0.2) is 29.1 Å². The summed E-state index contributed by atoms with van der Waals surface area (Å²) >= 11 is 0. The molecule has 0 bridgehead atoms. The summed E-state index contributed by atoms with van der Waals surface area (Å²) in [5.41, 5.74) is 1.17. The van der Waals surface area contributed by atoms with Gasteiger partial charge in [0, 0.05) is 11.5 Å². The van der Waals surface area contributed by atoms with Crippen LogP contribution >= 0.6 is 0 Å². The average molecular weight is 301 g/mol. The van der Waals surface area contributed by atoms with Crippen molar-refractivity contribution in [3.63, 3.8) is 0 Å². The number of carbonyl (C=O) groups excluding carboxylic acids is 2. The summed E-state index contributed by atoms with van der Waals surface area (Å²) in [6.45, 7) is 0.225. The van der Waals surface area contributed by atoms with Gasteiger partial charge in [-0.15, -0.1) is 0 Å². The molecule has 1 aromatic heterocycles. The molecule has 0 spiro atoms. The molecule has 2 aromatic rings. The molecule has 0 saturated heterocycles. The zero-order chi connectivity index (χ0) is 15.5.